The molecular weight excluding hydrogens is 237 g/mol. The Morgan fingerprint density at radius 1 is 1.62 bits per heavy atom. The molecular formula is C9H11BrFNO. The molecule has 0 aromatic heterocycles. The van der Waals surface area contributed by atoms with Gasteiger partial charge in [0.2, 0.25) is 0 Å². The van der Waals surface area contributed by atoms with Gasteiger partial charge in [0, 0.05) is 11.6 Å². The van der Waals surface area contributed by atoms with Crippen LogP contribution >= 0.6 is 15.9 Å². The van der Waals surface area contributed by atoms with Crippen LogP contribution in [-0.4, -0.2) is 11.1 Å². The van der Waals surface area contributed by atoms with Crippen LogP contribution in [0, 0.1) is 5.82 Å². The Labute approximate surface area is 84.7 Å². The van der Waals surface area contributed by atoms with Crippen LogP contribution in [0.25, 0.3) is 0 Å². The molecule has 0 aliphatic rings. The smallest absolute Gasteiger partial charge is 0.135 e. The lowest BCUT2D eigenvalue weighted by Crippen LogP contribution is -2.18. The number of rotatable bonds is 2. The molecule has 72 valence electrons. The van der Waals surface area contributed by atoms with Crippen molar-refractivity contribution in [2.24, 2.45) is 5.73 Å². The molecule has 0 bridgehead atoms. The number of phenols is 1. The molecule has 0 aliphatic carbocycles. The van der Waals surface area contributed by atoms with Gasteiger partial charge in [-0.3, -0.25) is 0 Å². The summed E-state index contributed by atoms with van der Waals surface area (Å²) in [7, 11) is 0. The highest BCUT2D eigenvalue weighted by molar-refractivity contribution is 9.10. The van der Waals surface area contributed by atoms with E-state index in [4.69, 9.17) is 5.73 Å². The zero-order valence-electron chi connectivity index (χ0n) is 7.22. The number of nitrogens with two attached hydrogens (primary N) is 1. The van der Waals surface area contributed by atoms with Crippen molar-refractivity contribution >= 4 is 15.9 Å². The molecule has 0 spiro atoms. The quantitative estimate of drug-likeness (QED) is 0.842. The van der Waals surface area contributed by atoms with E-state index in [9.17, 15) is 9.50 Å². The van der Waals surface area contributed by atoms with Gasteiger partial charge in [-0.25, -0.2) is 4.39 Å². The predicted molar refractivity (Wildman–Crippen MR) is 53.1 cm³/mol. The molecule has 0 radical (unpaired) electrons. The van der Waals surface area contributed by atoms with E-state index in [2.05, 4.69) is 15.9 Å². The van der Waals surface area contributed by atoms with Crippen molar-refractivity contribution in [3.8, 4) is 5.75 Å². The van der Waals surface area contributed by atoms with Crippen LogP contribution in [0.3, 0.4) is 0 Å². The van der Waals surface area contributed by atoms with Crippen LogP contribution in [0.2, 0.25) is 0 Å². The standard InChI is InChI=1S/C9H11BrFNO/c1-5(12)4-6-8(11)3-2-7(10)9(6)13/h2-3,5,13H,4,12H2,1H3. The van der Waals surface area contributed by atoms with Crippen molar-refractivity contribution in [2.75, 3.05) is 0 Å². The van der Waals surface area contributed by atoms with Gasteiger partial charge in [0.05, 0.1) is 4.47 Å². The van der Waals surface area contributed by atoms with Gasteiger partial charge in [0.25, 0.3) is 0 Å². The Morgan fingerprint density at radius 2 is 2.23 bits per heavy atom. The monoisotopic (exact) mass is 247 g/mol. The van der Waals surface area contributed by atoms with E-state index in [1.54, 1.807) is 6.92 Å². The Morgan fingerprint density at radius 3 is 2.77 bits per heavy atom. The summed E-state index contributed by atoms with van der Waals surface area (Å²) in [6, 6.07) is 2.60. The summed E-state index contributed by atoms with van der Waals surface area (Å²) in [6.45, 7) is 1.76. The summed E-state index contributed by atoms with van der Waals surface area (Å²) in [6.07, 6.45) is 0.330. The first kappa shape index (κ1) is 10.5. The molecule has 13 heavy (non-hydrogen) atoms. The van der Waals surface area contributed by atoms with Gasteiger partial charge < -0.3 is 10.8 Å². The molecule has 0 heterocycles. The van der Waals surface area contributed by atoms with Gasteiger partial charge >= 0.3 is 0 Å². The fourth-order valence-electron chi connectivity index (χ4n) is 1.10. The Balaban J connectivity index is 3.10. The van der Waals surface area contributed by atoms with Gasteiger partial charge in [-0.15, -0.1) is 0 Å². The van der Waals surface area contributed by atoms with E-state index >= 15 is 0 Å². The van der Waals surface area contributed by atoms with Crippen molar-refractivity contribution in [2.45, 2.75) is 19.4 Å². The molecule has 0 saturated heterocycles. The van der Waals surface area contributed by atoms with E-state index in [0.29, 0.717) is 10.9 Å². The molecule has 4 heteroatoms. The second-order valence-electron chi connectivity index (χ2n) is 3.04. The normalized spacial score (nSPS) is 12.9. The molecule has 1 unspecified atom stereocenters. The van der Waals surface area contributed by atoms with E-state index in [1.807, 2.05) is 0 Å². The van der Waals surface area contributed by atoms with E-state index in [0.717, 1.165) is 0 Å². The first-order chi connectivity index (χ1) is 6.02. The minimum atomic E-state index is -0.419. The van der Waals surface area contributed by atoms with Crippen molar-refractivity contribution < 1.29 is 9.50 Å². The minimum Gasteiger partial charge on any atom is -0.506 e. The maximum atomic E-state index is 13.2. The third-order valence-corrected chi connectivity index (χ3v) is 2.34. The highest BCUT2D eigenvalue weighted by Gasteiger charge is 2.12. The zero-order chi connectivity index (χ0) is 10.0. The maximum absolute atomic E-state index is 13.2. The predicted octanol–water partition coefficient (Wildman–Crippen LogP) is 2.18. The summed E-state index contributed by atoms with van der Waals surface area (Å²) in [4.78, 5) is 0. The van der Waals surface area contributed by atoms with Crippen molar-refractivity contribution in [1.82, 2.24) is 0 Å². The van der Waals surface area contributed by atoms with Crippen LogP contribution in [0.15, 0.2) is 16.6 Å². The van der Waals surface area contributed by atoms with Crippen LogP contribution in [-0.2, 0) is 6.42 Å². The largest absolute Gasteiger partial charge is 0.506 e. The van der Waals surface area contributed by atoms with Crippen molar-refractivity contribution in [3.63, 3.8) is 0 Å². The first-order valence-electron chi connectivity index (χ1n) is 3.93. The fourth-order valence-corrected chi connectivity index (χ4v) is 1.47. The molecule has 0 fully saturated rings. The number of phenolic OH excluding ortho intramolecular Hbond substituents is 1. The Bertz CT molecular complexity index is 315. The minimum absolute atomic E-state index is 0.0581. The molecule has 2 nitrogen and oxygen atoms in total. The SMILES string of the molecule is CC(N)Cc1c(F)ccc(Br)c1O. The van der Waals surface area contributed by atoms with E-state index in [-0.39, 0.29) is 17.4 Å². The molecule has 1 rings (SSSR count). The molecule has 3 N–H and O–H groups in total. The topological polar surface area (TPSA) is 46.2 Å². The van der Waals surface area contributed by atoms with Crippen molar-refractivity contribution in [1.29, 1.82) is 0 Å². The van der Waals surface area contributed by atoms with Gasteiger partial charge in [0.1, 0.15) is 11.6 Å². The number of hydrogen-bond donors (Lipinski definition) is 2. The summed E-state index contributed by atoms with van der Waals surface area (Å²) in [5.41, 5.74) is 5.79. The van der Waals surface area contributed by atoms with Crippen molar-refractivity contribution in [3.05, 3.63) is 28.0 Å². The number of halogens is 2. The fraction of sp³-hybridized carbons (Fsp3) is 0.333. The summed E-state index contributed by atoms with van der Waals surface area (Å²) >= 11 is 3.11. The van der Waals surface area contributed by atoms with Crippen LogP contribution in [0.1, 0.15) is 12.5 Å². The Hall–Kier alpha value is -0.610. The van der Waals surface area contributed by atoms with Crippen LogP contribution < -0.4 is 5.73 Å². The number of hydrogen-bond acceptors (Lipinski definition) is 2. The number of benzene rings is 1. The van der Waals surface area contributed by atoms with Crippen LogP contribution in [0.5, 0.6) is 5.75 Å². The van der Waals surface area contributed by atoms with Gasteiger partial charge in [-0.1, -0.05) is 0 Å². The third-order valence-electron chi connectivity index (χ3n) is 1.70. The lowest BCUT2D eigenvalue weighted by molar-refractivity contribution is 0.452. The van der Waals surface area contributed by atoms with Gasteiger partial charge in [0.15, 0.2) is 0 Å². The third kappa shape index (κ3) is 2.42. The summed E-state index contributed by atoms with van der Waals surface area (Å²) < 4.78 is 13.6. The van der Waals surface area contributed by atoms with Gasteiger partial charge in [-0.05, 0) is 41.4 Å². The molecule has 0 saturated carbocycles. The lowest BCUT2D eigenvalue weighted by Gasteiger charge is -2.09. The van der Waals surface area contributed by atoms with E-state index < -0.39 is 5.82 Å². The molecule has 1 aromatic rings. The average molecular weight is 248 g/mol. The molecule has 0 aliphatic heterocycles. The second kappa shape index (κ2) is 4.07. The highest BCUT2D eigenvalue weighted by Crippen LogP contribution is 2.30. The maximum Gasteiger partial charge on any atom is 0.135 e. The zero-order valence-corrected chi connectivity index (χ0v) is 8.81. The second-order valence-corrected chi connectivity index (χ2v) is 3.89. The first-order valence-corrected chi connectivity index (χ1v) is 4.73. The van der Waals surface area contributed by atoms with Crippen LogP contribution in [0.4, 0.5) is 4.39 Å². The summed E-state index contributed by atoms with van der Waals surface area (Å²) in [5.74, 6) is -0.477. The lowest BCUT2D eigenvalue weighted by atomic mass is 10.1. The molecule has 1 aromatic carbocycles. The van der Waals surface area contributed by atoms with E-state index in [1.165, 1.54) is 12.1 Å². The molecule has 1 atom stereocenters. The summed E-state index contributed by atoms with van der Waals surface area (Å²) in [5, 5.41) is 9.48. The van der Waals surface area contributed by atoms with Gasteiger partial charge in [-0.2, -0.15) is 0 Å². The number of aromatic hydroxyl groups is 1. The highest BCUT2D eigenvalue weighted by atomic mass is 79.9. The average Bonchev–Trinajstić information content (AvgIpc) is 2.05. The Kier molecular flexibility index (Phi) is 3.27. The molecule has 0 amide bonds.